The van der Waals surface area contributed by atoms with E-state index in [9.17, 15) is 10.1 Å². The third-order valence-corrected chi connectivity index (χ3v) is 14.5. The van der Waals surface area contributed by atoms with Gasteiger partial charge in [-0.3, -0.25) is 10.1 Å². The number of benzene rings is 3. The van der Waals surface area contributed by atoms with Crippen molar-refractivity contribution in [3.63, 3.8) is 0 Å². The fourth-order valence-corrected chi connectivity index (χ4v) is 10.4. The number of anilines is 1. The van der Waals surface area contributed by atoms with E-state index in [1.807, 2.05) is 154 Å². The molecule has 4 N–H and O–H groups in total. The number of rotatable bonds is 2. The number of H-pyrrole nitrogens is 4. The molecule has 0 saturated heterocycles. The van der Waals surface area contributed by atoms with Crippen LogP contribution in [0.3, 0.4) is 0 Å². The lowest BCUT2D eigenvalue weighted by atomic mass is 10.1. The zero-order chi connectivity index (χ0) is 56.0. The minimum atomic E-state index is -0.429. The molecule has 0 atom stereocenters. The summed E-state index contributed by atoms with van der Waals surface area (Å²) < 4.78 is 9.48. The van der Waals surface area contributed by atoms with Crippen LogP contribution in [-0.4, -0.2) is 67.6 Å². The van der Waals surface area contributed by atoms with E-state index in [1.54, 1.807) is 12.1 Å². The highest BCUT2D eigenvalue weighted by atomic mass is 32.1. The lowest BCUT2D eigenvalue weighted by Crippen LogP contribution is -2.07. The van der Waals surface area contributed by atoms with Crippen molar-refractivity contribution in [2.75, 3.05) is 19.0 Å². The van der Waals surface area contributed by atoms with Crippen LogP contribution in [0.2, 0.25) is 0 Å². The van der Waals surface area contributed by atoms with Gasteiger partial charge in [0.05, 0.1) is 118 Å². The molecule has 7 aromatic heterocycles. The highest BCUT2D eigenvalue weighted by Gasteiger charge is 2.15. The van der Waals surface area contributed by atoms with E-state index in [0.29, 0.717) is 72.9 Å². The van der Waals surface area contributed by atoms with Crippen molar-refractivity contribution in [3.8, 4) is 47.4 Å². The number of nitro benzene ring substituents is 1. The van der Waals surface area contributed by atoms with Gasteiger partial charge in [0.15, 0.2) is 0 Å². The number of non-ortho nitro benzene ring substituents is 1. The smallest absolute Gasteiger partial charge is 0.269 e. The molecule has 14 rings (SSSR count). The van der Waals surface area contributed by atoms with E-state index in [4.69, 9.17) is 28.7 Å². The lowest BCUT2D eigenvalue weighted by molar-refractivity contribution is -0.384. The molecule has 0 aliphatic carbocycles. The molecule has 4 aliphatic rings. The highest BCUT2D eigenvalue weighted by molar-refractivity contribution is 7.00. The van der Waals surface area contributed by atoms with Gasteiger partial charge < -0.3 is 24.8 Å². The van der Waals surface area contributed by atoms with E-state index in [1.165, 1.54) is 12.1 Å². The van der Waals surface area contributed by atoms with Crippen molar-refractivity contribution in [1.82, 2.24) is 48.6 Å². The predicted molar refractivity (Wildman–Crippen MR) is 333 cm³/mol. The Balaban J connectivity index is 0.822. The summed E-state index contributed by atoms with van der Waals surface area (Å²) in [4.78, 5) is 47.2. The fraction of sp³-hybridized carbons (Fsp3) is 0.0294. The Morgan fingerprint density at radius 1 is 0.410 bits per heavy atom. The van der Waals surface area contributed by atoms with Crippen LogP contribution in [0.4, 0.5) is 11.4 Å². The second-order valence-electron chi connectivity index (χ2n) is 19.8. The van der Waals surface area contributed by atoms with E-state index in [-0.39, 0.29) is 5.69 Å². The fourth-order valence-electron chi connectivity index (χ4n) is 9.78. The maximum absolute atomic E-state index is 11.2. The molecule has 0 saturated carbocycles. The molecule has 0 spiro atoms. The van der Waals surface area contributed by atoms with Crippen molar-refractivity contribution in [2.24, 2.45) is 0 Å². The Morgan fingerprint density at radius 3 is 1.11 bits per heavy atom. The summed E-state index contributed by atoms with van der Waals surface area (Å²) in [5.41, 5.74) is 20.5. The normalized spacial score (nSPS) is 11.7. The molecule has 14 nitrogen and oxygen atoms in total. The van der Waals surface area contributed by atoms with Crippen molar-refractivity contribution < 1.29 is 4.92 Å². The van der Waals surface area contributed by atoms with E-state index >= 15 is 0 Å². The van der Waals surface area contributed by atoms with Gasteiger partial charge in [-0.25, -0.2) is 19.9 Å². The van der Waals surface area contributed by atoms with E-state index < -0.39 is 4.92 Å². The first-order chi connectivity index (χ1) is 40.6. The third kappa shape index (κ3) is 10.1. The zero-order valence-corrected chi connectivity index (χ0v) is 44.9. The van der Waals surface area contributed by atoms with Gasteiger partial charge in [0, 0.05) is 65.1 Å². The van der Waals surface area contributed by atoms with Crippen LogP contribution in [0.15, 0.2) is 133 Å². The number of nitrogens with zero attached hydrogens (tertiary/aromatic N) is 8. The Bertz CT molecular complexity index is 5190. The molecule has 0 fully saturated rings. The molecule has 390 valence electrons. The van der Waals surface area contributed by atoms with Gasteiger partial charge in [0.2, 0.25) is 0 Å². The Morgan fingerprint density at radius 2 is 0.759 bits per heavy atom. The first-order valence-electron chi connectivity index (χ1n) is 26.2. The van der Waals surface area contributed by atoms with Crippen molar-refractivity contribution in [1.29, 1.82) is 0 Å². The number of hydrogen-bond donors (Lipinski definition) is 4. The van der Waals surface area contributed by atoms with Crippen LogP contribution in [0.1, 0.15) is 90.1 Å². The summed E-state index contributed by atoms with van der Waals surface area (Å²) in [6, 6.07) is 42.2. The Kier molecular flexibility index (Phi) is 12.3. The summed E-state index contributed by atoms with van der Waals surface area (Å²) in [6.45, 7) is 0. The lowest BCUT2D eigenvalue weighted by Gasteiger charge is -2.11. The van der Waals surface area contributed by atoms with Crippen molar-refractivity contribution >= 4 is 127 Å². The summed E-state index contributed by atoms with van der Waals surface area (Å²) in [5.74, 6) is 27.0. The van der Waals surface area contributed by atoms with Crippen molar-refractivity contribution in [3.05, 3.63) is 234 Å². The topological polar surface area (TPSA) is 187 Å². The molecule has 3 aromatic carbocycles. The van der Waals surface area contributed by atoms with Gasteiger partial charge >= 0.3 is 0 Å². The predicted octanol–water partition coefficient (Wildman–Crippen LogP) is 13.2. The molecular weight excluding hydrogens is 1050 g/mol. The number of nitro groups is 1. The van der Waals surface area contributed by atoms with Crippen LogP contribution in [0, 0.1) is 57.5 Å². The molecule has 11 heterocycles. The molecule has 16 bridgehead atoms. The van der Waals surface area contributed by atoms with Gasteiger partial charge in [0.1, 0.15) is 11.0 Å². The number of nitrogens with one attached hydrogen (secondary N) is 4. The molecule has 0 unspecified atom stereocenters. The standard InChI is InChI=1S/C68H40N12O2S/c1-79(2)53-21-3-41(4-22-53)7-25-55-59-29-13-45(69-59)37-49-17-33-63(73-49)57(64-34-18-50(74-64)38-46-14-30-60(55)70-46)27-11-43-9-10-44(68-67(43)77-83-78-68)12-28-58-65-35-19-51(75-65)39-47-15-31-61(71-47)56(26-8-42-5-23-54(24-6-42)80(81)82)62-32-16-48(72-62)40-52-20-36-66(58)76-52/h3-6,9-10,13-24,29-40,69,71,73,75H,1-2H3. The summed E-state index contributed by atoms with van der Waals surface area (Å²) >= 11 is 1.11. The van der Waals surface area contributed by atoms with Gasteiger partial charge in [-0.2, -0.15) is 8.75 Å². The maximum atomic E-state index is 11.2. The Hall–Kier alpha value is -11.9. The second-order valence-corrected chi connectivity index (χ2v) is 20.3. The molecule has 10 aromatic rings. The number of hydrogen-bond acceptors (Lipinski definition) is 10. The molecular formula is C68H40N12O2S. The van der Waals surface area contributed by atoms with E-state index in [2.05, 4.69) is 90.4 Å². The quantitative estimate of drug-likeness (QED) is 0.0742. The average Bonchev–Trinajstić information content (AvgIpc) is 4.50. The maximum Gasteiger partial charge on any atom is 0.269 e. The number of aromatic nitrogens is 10. The van der Waals surface area contributed by atoms with Gasteiger partial charge in [-0.05, 0) is 170 Å². The molecule has 0 radical (unpaired) electrons. The molecule has 4 aliphatic heterocycles. The molecule has 15 heteroatoms. The van der Waals surface area contributed by atoms with Gasteiger partial charge in [-0.1, -0.05) is 47.4 Å². The molecule has 0 amide bonds. The van der Waals surface area contributed by atoms with Crippen LogP contribution in [-0.2, 0) is 0 Å². The number of fused-ring (bicyclic) bond motifs is 17. The minimum Gasteiger partial charge on any atom is -0.378 e. The third-order valence-electron chi connectivity index (χ3n) is 14.0. The van der Waals surface area contributed by atoms with Gasteiger partial charge in [-0.15, -0.1) is 0 Å². The minimum absolute atomic E-state index is 0.00276. The van der Waals surface area contributed by atoms with Crippen LogP contribution >= 0.6 is 11.7 Å². The summed E-state index contributed by atoms with van der Waals surface area (Å²) in [5, 5.41) is 11.2. The first-order valence-corrected chi connectivity index (χ1v) is 26.9. The average molecular weight is 1090 g/mol. The van der Waals surface area contributed by atoms with Crippen molar-refractivity contribution in [2.45, 2.75) is 0 Å². The highest BCUT2D eigenvalue weighted by Crippen LogP contribution is 2.28. The summed E-state index contributed by atoms with van der Waals surface area (Å²) in [7, 11) is 4.04. The van der Waals surface area contributed by atoms with Gasteiger partial charge in [0.25, 0.3) is 5.69 Å². The SMILES string of the molecule is CN(C)c1ccc(C#Cc2c3nc(cc4nc(c(C#Cc5ccc(C#Cc6c7nc(cc8nc(c(C#Cc9ccc([N+](=O)[O-])cc9)c9ccc(cc%10ccc6[nH]%10)[nH]9)C=C8)C=C7)c6nsnc56)c5ccc(cc6ccc2[nH]6)[nH]5)C=C4)C=C3)cc1. The first kappa shape index (κ1) is 49.4. The van der Waals surface area contributed by atoms with E-state index in [0.717, 1.165) is 89.8 Å². The zero-order valence-electron chi connectivity index (χ0n) is 44.1. The largest absolute Gasteiger partial charge is 0.378 e. The van der Waals surface area contributed by atoms with Crippen LogP contribution < -0.4 is 4.90 Å². The Labute approximate surface area is 478 Å². The second kappa shape index (κ2) is 20.7. The van der Waals surface area contributed by atoms with Crippen LogP contribution in [0.5, 0.6) is 0 Å². The molecule has 83 heavy (non-hydrogen) atoms. The number of aromatic amines is 4. The monoisotopic (exact) mass is 1090 g/mol. The summed E-state index contributed by atoms with van der Waals surface area (Å²) in [6.07, 6.45) is 15.7. The van der Waals surface area contributed by atoms with Crippen LogP contribution in [0.25, 0.3) is 104 Å².